The van der Waals surface area contributed by atoms with E-state index in [0.717, 1.165) is 15.7 Å². The van der Waals surface area contributed by atoms with Gasteiger partial charge in [-0.1, -0.05) is 6.07 Å². The van der Waals surface area contributed by atoms with E-state index >= 15 is 0 Å². The zero-order chi connectivity index (χ0) is 22.7. The van der Waals surface area contributed by atoms with Gasteiger partial charge in [-0.2, -0.15) is 4.98 Å². The number of anilines is 1. The average Bonchev–Trinajstić information content (AvgIpc) is 3.10. The molecule has 0 unspecified atom stereocenters. The first-order valence-corrected chi connectivity index (χ1v) is 10.1. The summed E-state index contributed by atoms with van der Waals surface area (Å²) >= 11 is 0. The molecule has 3 rings (SSSR count). The summed E-state index contributed by atoms with van der Waals surface area (Å²) < 4.78 is 9.59. The van der Waals surface area contributed by atoms with Crippen LogP contribution in [0.15, 0.2) is 27.8 Å². The van der Waals surface area contributed by atoms with Crippen molar-refractivity contribution < 1.29 is 14.9 Å². The fourth-order valence-electron chi connectivity index (χ4n) is 3.30. The highest BCUT2D eigenvalue weighted by Gasteiger charge is 2.21. The maximum Gasteiger partial charge on any atom is 0.332 e. The summed E-state index contributed by atoms with van der Waals surface area (Å²) in [5.74, 6) is 0.990. The molecule has 168 valence electrons. The fraction of sp³-hybridized carbons (Fsp3) is 0.476. The van der Waals surface area contributed by atoms with Crippen molar-refractivity contribution >= 4 is 17.1 Å². The molecule has 0 saturated carbocycles. The number of ether oxygens (including phenoxy) is 1. The summed E-state index contributed by atoms with van der Waals surface area (Å²) in [5, 5.41) is 22.7. The molecule has 1 aromatic carbocycles. The van der Waals surface area contributed by atoms with Crippen LogP contribution in [-0.4, -0.2) is 54.8 Å². The monoisotopic (exact) mass is 431 g/mol. The highest BCUT2D eigenvalue weighted by molar-refractivity contribution is 5.74. The summed E-state index contributed by atoms with van der Waals surface area (Å²) in [6.45, 7) is 4.47. The molecule has 0 amide bonds. The summed E-state index contributed by atoms with van der Waals surface area (Å²) in [4.78, 5) is 29.5. The minimum atomic E-state index is -0.931. The van der Waals surface area contributed by atoms with Crippen molar-refractivity contribution in [3.8, 4) is 5.75 Å². The molecule has 0 spiro atoms. The quantitative estimate of drug-likeness (QED) is 0.416. The van der Waals surface area contributed by atoms with Crippen molar-refractivity contribution in [1.29, 1.82) is 0 Å². The van der Waals surface area contributed by atoms with Gasteiger partial charge in [-0.15, -0.1) is 0 Å². The lowest BCUT2D eigenvalue weighted by Crippen LogP contribution is -2.38. The van der Waals surface area contributed by atoms with Crippen molar-refractivity contribution in [2.45, 2.75) is 32.9 Å². The van der Waals surface area contributed by atoms with Crippen LogP contribution in [0.4, 0.5) is 5.95 Å². The molecule has 0 saturated heterocycles. The smallest absolute Gasteiger partial charge is 0.332 e. The lowest BCUT2D eigenvalue weighted by molar-refractivity contribution is 0.0937. The zero-order valence-electron chi connectivity index (χ0n) is 18.3. The number of benzene rings is 1. The van der Waals surface area contributed by atoms with E-state index in [1.165, 1.54) is 18.7 Å². The Morgan fingerprint density at radius 3 is 2.58 bits per heavy atom. The van der Waals surface area contributed by atoms with Gasteiger partial charge in [-0.25, -0.2) is 4.79 Å². The van der Waals surface area contributed by atoms with E-state index in [9.17, 15) is 14.7 Å². The molecule has 0 bridgehead atoms. The second-order valence-corrected chi connectivity index (χ2v) is 7.64. The van der Waals surface area contributed by atoms with Crippen LogP contribution in [0.2, 0.25) is 0 Å². The van der Waals surface area contributed by atoms with Gasteiger partial charge in [0, 0.05) is 27.2 Å². The summed E-state index contributed by atoms with van der Waals surface area (Å²) in [6, 6.07) is 5.70. The molecule has 31 heavy (non-hydrogen) atoms. The predicted molar refractivity (Wildman–Crippen MR) is 118 cm³/mol. The third kappa shape index (κ3) is 4.64. The van der Waals surface area contributed by atoms with E-state index < -0.39 is 17.4 Å². The largest absolute Gasteiger partial charge is 0.491 e. The van der Waals surface area contributed by atoms with Gasteiger partial charge in [0.05, 0.1) is 6.54 Å². The van der Waals surface area contributed by atoms with Crippen molar-refractivity contribution in [2.24, 2.45) is 14.1 Å². The Hall–Kier alpha value is -3.11. The molecular weight excluding hydrogens is 402 g/mol. The molecule has 1 atom stereocenters. The Kier molecular flexibility index (Phi) is 6.81. The highest BCUT2D eigenvalue weighted by Crippen LogP contribution is 2.19. The maximum absolute atomic E-state index is 12.8. The van der Waals surface area contributed by atoms with Crippen LogP contribution in [0.1, 0.15) is 17.5 Å². The summed E-state index contributed by atoms with van der Waals surface area (Å²) in [7, 11) is 2.94. The molecule has 0 fully saturated rings. The molecule has 0 aliphatic carbocycles. The number of nitrogens with one attached hydrogen (secondary N) is 1. The SMILES string of the molecule is Cc1ccc(OC[C@H](O)Cn2c(NCCCO)nc3c2c(=O)n(C)c(=O)n3C)cc1C. The number of imidazole rings is 1. The number of aliphatic hydroxyl groups excluding tert-OH is 2. The lowest BCUT2D eigenvalue weighted by atomic mass is 10.1. The number of aryl methyl sites for hydroxylation is 3. The van der Waals surface area contributed by atoms with Gasteiger partial charge in [-0.3, -0.25) is 13.9 Å². The topological polar surface area (TPSA) is 124 Å². The Morgan fingerprint density at radius 2 is 1.90 bits per heavy atom. The summed E-state index contributed by atoms with van der Waals surface area (Å²) in [6.07, 6.45) is -0.446. The van der Waals surface area contributed by atoms with Crippen LogP contribution < -0.4 is 21.3 Å². The second-order valence-electron chi connectivity index (χ2n) is 7.64. The third-order valence-electron chi connectivity index (χ3n) is 5.28. The van der Waals surface area contributed by atoms with Crippen LogP contribution in [-0.2, 0) is 20.6 Å². The van der Waals surface area contributed by atoms with Crippen LogP contribution in [0, 0.1) is 13.8 Å². The van der Waals surface area contributed by atoms with Crippen LogP contribution in [0.3, 0.4) is 0 Å². The first-order valence-electron chi connectivity index (χ1n) is 10.1. The van der Waals surface area contributed by atoms with Crippen LogP contribution in [0.5, 0.6) is 5.75 Å². The van der Waals surface area contributed by atoms with Crippen molar-refractivity contribution in [3.63, 3.8) is 0 Å². The standard InChI is InChI=1S/C21H29N5O5/c1-13-6-7-16(10-14(13)2)31-12-15(28)11-26-17-18(23-20(26)22-8-5-9-27)24(3)21(30)25(4)19(17)29/h6-7,10,15,27-28H,5,8-9,11-12H2,1-4H3,(H,22,23)/t15-/m1/s1. The number of fused-ring (bicyclic) bond motifs is 1. The Labute approximate surface area is 179 Å². The van der Waals surface area contributed by atoms with Crippen LogP contribution >= 0.6 is 0 Å². The second kappa shape index (κ2) is 9.36. The Balaban J connectivity index is 1.91. The molecule has 2 heterocycles. The van der Waals surface area contributed by atoms with Crippen LogP contribution in [0.25, 0.3) is 11.2 Å². The first kappa shape index (κ1) is 22.6. The van der Waals surface area contributed by atoms with Gasteiger partial charge in [0.2, 0.25) is 5.95 Å². The van der Waals surface area contributed by atoms with Crippen molar-refractivity contribution in [1.82, 2.24) is 18.7 Å². The molecule has 3 N–H and O–H groups in total. The van der Waals surface area contributed by atoms with E-state index in [-0.39, 0.29) is 30.9 Å². The molecule has 0 aliphatic heterocycles. The third-order valence-corrected chi connectivity index (χ3v) is 5.28. The number of rotatable bonds is 9. The minimum Gasteiger partial charge on any atom is -0.491 e. The number of hydrogen-bond acceptors (Lipinski definition) is 7. The van der Waals surface area contributed by atoms with Gasteiger partial charge >= 0.3 is 5.69 Å². The number of aliphatic hydroxyl groups is 2. The van der Waals surface area contributed by atoms with E-state index in [1.54, 1.807) is 4.57 Å². The molecular formula is C21H29N5O5. The zero-order valence-corrected chi connectivity index (χ0v) is 18.3. The van der Waals surface area contributed by atoms with Gasteiger partial charge in [0.25, 0.3) is 5.56 Å². The fourth-order valence-corrected chi connectivity index (χ4v) is 3.30. The Bertz CT molecular complexity index is 1190. The molecule has 0 radical (unpaired) electrons. The predicted octanol–water partition coefficient (Wildman–Crippen LogP) is 0.285. The van der Waals surface area contributed by atoms with E-state index in [4.69, 9.17) is 9.84 Å². The van der Waals surface area contributed by atoms with E-state index in [0.29, 0.717) is 24.7 Å². The molecule has 0 aliphatic rings. The molecule has 10 nitrogen and oxygen atoms in total. The maximum atomic E-state index is 12.8. The summed E-state index contributed by atoms with van der Waals surface area (Å²) in [5.41, 5.74) is 1.69. The highest BCUT2D eigenvalue weighted by atomic mass is 16.5. The average molecular weight is 431 g/mol. The molecule has 3 aromatic rings. The van der Waals surface area contributed by atoms with Crippen molar-refractivity contribution in [3.05, 3.63) is 50.2 Å². The van der Waals surface area contributed by atoms with Gasteiger partial charge < -0.3 is 24.8 Å². The van der Waals surface area contributed by atoms with Gasteiger partial charge in [-0.05, 0) is 43.5 Å². The molecule has 10 heteroatoms. The van der Waals surface area contributed by atoms with Gasteiger partial charge in [0.15, 0.2) is 11.2 Å². The first-order chi connectivity index (χ1) is 14.7. The van der Waals surface area contributed by atoms with Gasteiger partial charge in [0.1, 0.15) is 18.5 Å². The number of hydrogen-bond donors (Lipinski definition) is 3. The lowest BCUT2D eigenvalue weighted by Gasteiger charge is -2.16. The minimum absolute atomic E-state index is 0.0000877. The van der Waals surface area contributed by atoms with Crippen molar-refractivity contribution in [2.75, 3.05) is 25.1 Å². The van der Waals surface area contributed by atoms with E-state index in [2.05, 4.69) is 10.3 Å². The number of nitrogens with zero attached hydrogens (tertiary/aromatic N) is 4. The molecule has 2 aromatic heterocycles. The van der Waals surface area contributed by atoms with E-state index in [1.807, 2.05) is 32.0 Å². The number of aromatic nitrogens is 4. The normalized spacial score (nSPS) is 12.3. The Morgan fingerprint density at radius 1 is 1.16 bits per heavy atom.